The maximum absolute atomic E-state index is 13.4. The van der Waals surface area contributed by atoms with Crippen molar-refractivity contribution in [1.82, 2.24) is 0 Å². The van der Waals surface area contributed by atoms with Crippen LogP contribution in [-0.4, -0.2) is 30.2 Å². The van der Waals surface area contributed by atoms with Gasteiger partial charge in [-0.15, -0.1) is 0 Å². The molecule has 2 heterocycles. The number of hydrogen-bond donors (Lipinski definition) is 3. The third-order valence-corrected chi connectivity index (χ3v) is 8.83. The third-order valence-electron chi connectivity index (χ3n) is 5.81. The van der Waals surface area contributed by atoms with E-state index in [0.717, 1.165) is 26.5 Å². The number of nitrogens with two attached hydrogens (primary N) is 1. The van der Waals surface area contributed by atoms with Crippen LogP contribution in [0.15, 0.2) is 69.5 Å². The lowest BCUT2D eigenvalue weighted by Crippen LogP contribution is -2.18. The van der Waals surface area contributed by atoms with Crippen LogP contribution >= 0.6 is 10.9 Å². The summed E-state index contributed by atoms with van der Waals surface area (Å²) in [6.07, 6.45) is 1.15. The van der Waals surface area contributed by atoms with Gasteiger partial charge in [0.15, 0.2) is 0 Å². The van der Waals surface area contributed by atoms with Crippen molar-refractivity contribution in [1.29, 1.82) is 0 Å². The predicted molar refractivity (Wildman–Crippen MR) is 120 cm³/mol. The summed E-state index contributed by atoms with van der Waals surface area (Å²) in [5, 5.41) is 9.23. The van der Waals surface area contributed by atoms with Gasteiger partial charge in [0.25, 0.3) is 0 Å². The Morgan fingerprint density at radius 1 is 1.16 bits per heavy atom. The number of benzene rings is 2. The maximum atomic E-state index is 13.4. The number of ether oxygens (including phenoxy) is 1. The van der Waals surface area contributed by atoms with Gasteiger partial charge in [0.05, 0.1) is 24.4 Å². The highest BCUT2D eigenvalue weighted by Crippen LogP contribution is 2.63. The van der Waals surface area contributed by atoms with E-state index in [1.807, 2.05) is 12.1 Å². The van der Waals surface area contributed by atoms with Crippen molar-refractivity contribution in [3.63, 3.8) is 0 Å². The number of carboxylic acids is 1. The van der Waals surface area contributed by atoms with Crippen molar-refractivity contribution >= 4 is 22.8 Å². The van der Waals surface area contributed by atoms with Crippen molar-refractivity contribution < 1.29 is 23.8 Å². The van der Waals surface area contributed by atoms with Gasteiger partial charge in [-0.05, 0) is 57.2 Å². The minimum absolute atomic E-state index is 0.0387. The van der Waals surface area contributed by atoms with E-state index in [2.05, 4.69) is 6.92 Å². The first-order chi connectivity index (χ1) is 14.9. The molecule has 2 aliphatic heterocycles. The Bertz CT molecular complexity index is 1090. The fourth-order valence-electron chi connectivity index (χ4n) is 4.30. The molecule has 1 unspecified atom stereocenters. The zero-order valence-electron chi connectivity index (χ0n) is 17.1. The minimum Gasteiger partial charge on any atom is -0.478 e. The molecule has 162 valence electrons. The topological polar surface area (TPSA) is 89.6 Å². The third kappa shape index (κ3) is 4.16. The first kappa shape index (κ1) is 21.3. The van der Waals surface area contributed by atoms with Crippen LogP contribution in [0.3, 0.4) is 0 Å². The number of amides is 1. The molecule has 0 fully saturated rings. The number of thiol groups is 1. The second kappa shape index (κ2) is 8.69. The van der Waals surface area contributed by atoms with Gasteiger partial charge in [0.2, 0.25) is 5.91 Å². The highest BCUT2D eigenvalue weighted by Gasteiger charge is 2.38. The van der Waals surface area contributed by atoms with Crippen molar-refractivity contribution in [2.75, 3.05) is 13.2 Å². The highest BCUT2D eigenvalue weighted by atomic mass is 32.2. The van der Waals surface area contributed by atoms with E-state index in [0.29, 0.717) is 31.6 Å². The molecule has 0 radical (unpaired) electrons. The quantitative estimate of drug-likeness (QED) is 0.585. The van der Waals surface area contributed by atoms with Crippen LogP contribution in [0.2, 0.25) is 0 Å². The van der Waals surface area contributed by atoms with Crippen molar-refractivity contribution in [3.05, 3.63) is 92.0 Å². The summed E-state index contributed by atoms with van der Waals surface area (Å²) >= 11 is 0. The van der Waals surface area contributed by atoms with Crippen molar-refractivity contribution in [2.45, 2.75) is 25.0 Å². The lowest BCUT2D eigenvalue weighted by Gasteiger charge is -2.32. The number of carboxylic acid groups (broad SMARTS) is 1. The predicted octanol–water partition coefficient (Wildman–Crippen LogP) is 4.26. The number of aromatic carboxylic acids is 1. The van der Waals surface area contributed by atoms with Gasteiger partial charge in [-0.2, -0.15) is 10.9 Å². The summed E-state index contributed by atoms with van der Waals surface area (Å²) in [7, 11) is -0.939. The van der Waals surface area contributed by atoms with Crippen LogP contribution in [0.4, 0.5) is 4.39 Å². The van der Waals surface area contributed by atoms with Gasteiger partial charge in [0, 0.05) is 11.7 Å². The maximum Gasteiger partial charge on any atom is 0.335 e. The summed E-state index contributed by atoms with van der Waals surface area (Å²) in [6.45, 7) is 3.10. The number of carbonyl (C=O) groups excluding carboxylic acids is 1. The van der Waals surface area contributed by atoms with Crippen molar-refractivity contribution in [3.8, 4) is 0 Å². The summed E-state index contributed by atoms with van der Waals surface area (Å²) in [4.78, 5) is 25.8. The lowest BCUT2D eigenvalue weighted by atomic mass is 9.98. The molecule has 2 aromatic rings. The van der Waals surface area contributed by atoms with Crippen LogP contribution in [0, 0.1) is 5.82 Å². The van der Waals surface area contributed by atoms with Gasteiger partial charge < -0.3 is 15.6 Å². The summed E-state index contributed by atoms with van der Waals surface area (Å²) < 4.78 is 19.2. The van der Waals surface area contributed by atoms with Gasteiger partial charge in [-0.1, -0.05) is 31.2 Å². The van der Waals surface area contributed by atoms with Crippen LogP contribution < -0.4 is 5.73 Å². The van der Waals surface area contributed by atoms with Gasteiger partial charge in [-0.25, -0.2) is 9.18 Å². The average Bonchev–Trinajstić information content (AvgIpc) is 3.08. The standard InChI is InChI=1S/C24H24FNO4S/c1-14(16-4-6-17(7-5-16)24(28)29)31-20(12-15-2-8-18(25)9-3-15)22(23(26)27)19-10-11-30-13-21(19)31/h2-9,14,31H,10-13H2,1H3,(H2,26,27)(H,28,29)/t14-/m0/s1. The van der Waals surface area contributed by atoms with E-state index in [-0.39, 0.29) is 16.6 Å². The van der Waals surface area contributed by atoms with Crippen LogP contribution in [-0.2, 0) is 16.0 Å². The van der Waals surface area contributed by atoms with E-state index in [1.54, 1.807) is 24.3 Å². The fraction of sp³-hybridized carbons (Fsp3) is 0.250. The Balaban J connectivity index is 1.77. The van der Waals surface area contributed by atoms with Crippen LogP contribution in [0.1, 0.15) is 40.1 Å². The first-order valence-electron chi connectivity index (χ1n) is 10.1. The van der Waals surface area contributed by atoms with Crippen molar-refractivity contribution in [2.24, 2.45) is 5.73 Å². The molecule has 0 bridgehead atoms. The largest absolute Gasteiger partial charge is 0.478 e. The average molecular weight is 442 g/mol. The molecular formula is C24H24FNO4S. The molecular weight excluding hydrogens is 417 g/mol. The first-order valence-corrected chi connectivity index (χ1v) is 11.5. The molecule has 0 aliphatic carbocycles. The smallest absolute Gasteiger partial charge is 0.335 e. The number of primary amides is 1. The highest BCUT2D eigenvalue weighted by molar-refractivity contribution is 8.24. The monoisotopic (exact) mass is 441 g/mol. The number of allylic oxidation sites excluding steroid dienone is 1. The molecule has 0 spiro atoms. The fourth-order valence-corrected chi connectivity index (χ4v) is 7.61. The van der Waals surface area contributed by atoms with E-state index in [9.17, 15) is 19.1 Å². The second-order valence-electron chi connectivity index (χ2n) is 7.69. The number of halogens is 1. The molecule has 0 saturated heterocycles. The SMILES string of the molecule is C[C@@H](c1ccc(C(=O)O)cc1)[SH]1C2=C(CCOC2)C(C(N)=O)=C1Cc1ccc(F)cc1. The Hall–Kier alpha value is -2.90. The Morgan fingerprint density at radius 2 is 1.84 bits per heavy atom. The Morgan fingerprint density at radius 3 is 2.45 bits per heavy atom. The van der Waals surface area contributed by atoms with Crippen LogP contribution in [0.5, 0.6) is 0 Å². The van der Waals surface area contributed by atoms with Gasteiger partial charge >= 0.3 is 5.97 Å². The summed E-state index contributed by atoms with van der Waals surface area (Å²) in [5.41, 5.74) is 9.58. The molecule has 4 rings (SSSR count). The lowest BCUT2D eigenvalue weighted by molar-refractivity contribution is -0.114. The molecule has 0 saturated carbocycles. The molecule has 5 nitrogen and oxygen atoms in total. The zero-order valence-corrected chi connectivity index (χ0v) is 18.0. The number of hydrogen-bond acceptors (Lipinski definition) is 3. The number of carbonyl (C=O) groups is 2. The Kier molecular flexibility index (Phi) is 5.98. The molecule has 1 amide bonds. The molecule has 2 atom stereocenters. The minimum atomic E-state index is -0.968. The number of rotatable bonds is 6. The molecule has 2 aromatic carbocycles. The summed E-state index contributed by atoms with van der Waals surface area (Å²) in [6, 6.07) is 13.2. The zero-order chi connectivity index (χ0) is 22.1. The van der Waals surface area contributed by atoms with E-state index < -0.39 is 22.8 Å². The van der Waals surface area contributed by atoms with E-state index in [4.69, 9.17) is 10.5 Å². The molecule has 0 aromatic heterocycles. The second-order valence-corrected chi connectivity index (χ2v) is 10.3. The molecule has 2 aliphatic rings. The molecule has 3 N–H and O–H groups in total. The Labute approximate surface area is 182 Å². The van der Waals surface area contributed by atoms with Gasteiger partial charge in [-0.3, -0.25) is 4.79 Å². The molecule has 31 heavy (non-hydrogen) atoms. The molecule has 7 heteroatoms. The van der Waals surface area contributed by atoms with E-state index >= 15 is 0 Å². The normalized spacial score (nSPS) is 20.5. The van der Waals surface area contributed by atoms with E-state index in [1.165, 1.54) is 12.1 Å². The van der Waals surface area contributed by atoms with Crippen LogP contribution in [0.25, 0.3) is 0 Å². The van der Waals surface area contributed by atoms with Gasteiger partial charge in [0.1, 0.15) is 5.82 Å². The summed E-state index contributed by atoms with van der Waals surface area (Å²) in [5.74, 6) is -1.71.